The smallest absolute Gasteiger partial charge is 0.270 e. The Morgan fingerprint density at radius 3 is 2.72 bits per heavy atom. The van der Waals surface area contributed by atoms with Crippen molar-refractivity contribution >= 4 is 11.7 Å². The van der Waals surface area contributed by atoms with Crippen molar-refractivity contribution in [2.24, 2.45) is 0 Å². The van der Waals surface area contributed by atoms with Crippen LogP contribution in [0.3, 0.4) is 0 Å². The van der Waals surface area contributed by atoms with E-state index in [0.29, 0.717) is 24.4 Å². The average molecular weight is 336 g/mol. The monoisotopic (exact) mass is 336 g/mol. The molecule has 1 saturated heterocycles. The molecule has 1 amide bonds. The molecule has 2 heterocycles. The summed E-state index contributed by atoms with van der Waals surface area (Å²) >= 11 is 0. The maximum atomic E-state index is 13.0. The third kappa shape index (κ3) is 2.82. The van der Waals surface area contributed by atoms with E-state index >= 15 is 0 Å². The van der Waals surface area contributed by atoms with E-state index < -0.39 is 5.82 Å². The average Bonchev–Trinajstić information content (AvgIpc) is 2.64. The Hall–Kier alpha value is -2.95. The van der Waals surface area contributed by atoms with E-state index in [4.69, 9.17) is 0 Å². The number of fused-ring (bicyclic) bond motifs is 3. The number of nitrogens with zero attached hydrogens (tertiary/aromatic N) is 1. The second-order valence-electron chi connectivity index (χ2n) is 6.27. The molecule has 2 aromatic carbocycles. The third-order valence-corrected chi connectivity index (χ3v) is 4.79. The van der Waals surface area contributed by atoms with E-state index in [1.54, 1.807) is 0 Å². The van der Waals surface area contributed by atoms with Gasteiger partial charge in [0.15, 0.2) is 5.78 Å². The van der Waals surface area contributed by atoms with Gasteiger partial charge in [-0.05, 0) is 41.8 Å². The van der Waals surface area contributed by atoms with Gasteiger partial charge in [0, 0.05) is 24.7 Å². The molecule has 1 atom stereocenters. The number of hydrogen-bond acceptors (Lipinski definition) is 3. The van der Waals surface area contributed by atoms with Crippen LogP contribution >= 0.6 is 0 Å². The minimum Gasteiger partial charge on any atom is -0.378 e. The Bertz CT molecular complexity index is 874. The molecule has 2 aromatic rings. The second kappa shape index (κ2) is 6.16. The van der Waals surface area contributed by atoms with Crippen LogP contribution in [0, 0.1) is 5.82 Å². The van der Waals surface area contributed by atoms with E-state index in [0.717, 1.165) is 6.42 Å². The van der Waals surface area contributed by atoms with Gasteiger partial charge >= 0.3 is 0 Å². The van der Waals surface area contributed by atoms with Gasteiger partial charge in [-0.2, -0.15) is 0 Å². The molecule has 0 aliphatic carbocycles. The van der Waals surface area contributed by atoms with Gasteiger partial charge in [0.1, 0.15) is 11.5 Å². The van der Waals surface area contributed by atoms with Gasteiger partial charge in [-0.25, -0.2) is 4.39 Å². The van der Waals surface area contributed by atoms with Gasteiger partial charge < -0.3 is 10.2 Å². The largest absolute Gasteiger partial charge is 0.378 e. The summed E-state index contributed by atoms with van der Waals surface area (Å²) in [5.41, 5.74) is 3.09. The van der Waals surface area contributed by atoms with Crippen molar-refractivity contribution in [3.8, 4) is 0 Å². The molecule has 4 rings (SSSR count). The third-order valence-electron chi connectivity index (χ3n) is 4.79. The summed E-state index contributed by atoms with van der Waals surface area (Å²) in [6, 6.07) is 13.5. The van der Waals surface area contributed by atoms with E-state index in [-0.39, 0.29) is 17.7 Å². The lowest BCUT2D eigenvalue weighted by Crippen LogP contribution is -2.51. The lowest BCUT2D eigenvalue weighted by Gasteiger charge is -2.41. The van der Waals surface area contributed by atoms with Gasteiger partial charge in [-0.1, -0.05) is 24.3 Å². The summed E-state index contributed by atoms with van der Waals surface area (Å²) < 4.78 is 13.0. The first-order valence-corrected chi connectivity index (χ1v) is 8.28. The van der Waals surface area contributed by atoms with Crippen molar-refractivity contribution in [3.63, 3.8) is 0 Å². The Kier molecular flexibility index (Phi) is 3.84. The van der Waals surface area contributed by atoms with E-state index in [1.165, 1.54) is 41.5 Å². The zero-order valence-electron chi connectivity index (χ0n) is 13.5. The van der Waals surface area contributed by atoms with Crippen LogP contribution in [-0.2, 0) is 11.2 Å². The van der Waals surface area contributed by atoms with E-state index in [9.17, 15) is 14.0 Å². The predicted octanol–water partition coefficient (Wildman–Crippen LogP) is 2.62. The van der Waals surface area contributed by atoms with Crippen LogP contribution in [0.2, 0.25) is 0 Å². The fraction of sp³-hybridized carbons (Fsp3) is 0.200. The van der Waals surface area contributed by atoms with Crippen LogP contribution in [0.15, 0.2) is 60.3 Å². The standard InChI is InChI=1S/C20H17FN2O2/c21-15-7-5-14(6-8-15)19(24)11-17-20(25)23-10-9-13-3-1-2-4-16(13)18(23)12-22-17/h1-8,11,18,22H,9-10,12H2/b17-11+. The quantitative estimate of drug-likeness (QED) is 0.677. The summed E-state index contributed by atoms with van der Waals surface area (Å²) in [4.78, 5) is 26.9. The first-order valence-electron chi connectivity index (χ1n) is 8.28. The number of carbonyl (C=O) groups is 2. The number of amides is 1. The Balaban J connectivity index is 1.58. The number of rotatable bonds is 2. The van der Waals surface area contributed by atoms with Crippen molar-refractivity contribution in [1.29, 1.82) is 0 Å². The molecule has 0 saturated carbocycles. The number of allylic oxidation sites excluding steroid dienone is 1. The molecular formula is C20H17FN2O2. The van der Waals surface area contributed by atoms with Crippen molar-refractivity contribution < 1.29 is 14.0 Å². The highest BCUT2D eigenvalue weighted by Gasteiger charge is 2.36. The van der Waals surface area contributed by atoms with Crippen molar-refractivity contribution in [3.05, 3.63) is 82.8 Å². The fourth-order valence-electron chi connectivity index (χ4n) is 3.49. The molecule has 1 fully saturated rings. The van der Waals surface area contributed by atoms with Gasteiger partial charge in [0.25, 0.3) is 5.91 Å². The SMILES string of the molecule is O=C(/C=C1/NCC2c3ccccc3CCN2C1=O)c1ccc(F)cc1. The first kappa shape index (κ1) is 15.6. The molecule has 25 heavy (non-hydrogen) atoms. The summed E-state index contributed by atoms with van der Waals surface area (Å²) in [6.07, 6.45) is 2.13. The predicted molar refractivity (Wildman–Crippen MR) is 91.4 cm³/mol. The molecule has 2 aliphatic rings. The van der Waals surface area contributed by atoms with Gasteiger partial charge in [0.05, 0.1) is 6.04 Å². The van der Waals surface area contributed by atoms with Gasteiger partial charge in [-0.15, -0.1) is 0 Å². The van der Waals surface area contributed by atoms with Crippen molar-refractivity contribution in [2.45, 2.75) is 12.5 Å². The maximum Gasteiger partial charge on any atom is 0.270 e. The molecule has 0 radical (unpaired) electrons. The molecule has 2 aliphatic heterocycles. The highest BCUT2D eigenvalue weighted by Crippen LogP contribution is 2.32. The lowest BCUT2D eigenvalue weighted by molar-refractivity contribution is -0.132. The highest BCUT2D eigenvalue weighted by atomic mass is 19.1. The maximum absolute atomic E-state index is 13.0. The van der Waals surface area contributed by atoms with Crippen LogP contribution in [0.25, 0.3) is 0 Å². The number of hydrogen-bond donors (Lipinski definition) is 1. The number of halogens is 1. The number of carbonyl (C=O) groups excluding carboxylic acids is 2. The molecule has 0 bridgehead atoms. The summed E-state index contributed by atoms with van der Waals surface area (Å²) in [7, 11) is 0. The molecule has 126 valence electrons. The normalized spacial score (nSPS) is 20.7. The number of nitrogens with one attached hydrogen (secondary N) is 1. The van der Waals surface area contributed by atoms with Crippen LogP contribution in [0.5, 0.6) is 0 Å². The summed E-state index contributed by atoms with van der Waals surface area (Å²) in [5, 5.41) is 3.10. The number of ketones is 1. The zero-order chi connectivity index (χ0) is 17.4. The lowest BCUT2D eigenvalue weighted by atomic mass is 9.90. The Morgan fingerprint density at radius 2 is 1.92 bits per heavy atom. The van der Waals surface area contributed by atoms with Crippen molar-refractivity contribution in [1.82, 2.24) is 10.2 Å². The molecule has 4 nitrogen and oxygen atoms in total. The van der Waals surface area contributed by atoms with Gasteiger partial charge in [0.2, 0.25) is 0 Å². The first-order chi connectivity index (χ1) is 12.1. The number of piperazine rings is 1. The Labute approximate surface area is 145 Å². The van der Waals surface area contributed by atoms with Crippen LogP contribution in [0.4, 0.5) is 4.39 Å². The molecule has 1 unspecified atom stereocenters. The molecule has 5 heteroatoms. The molecule has 0 spiro atoms. The van der Waals surface area contributed by atoms with Crippen LogP contribution in [0.1, 0.15) is 27.5 Å². The molecule has 0 aromatic heterocycles. The van der Waals surface area contributed by atoms with Crippen molar-refractivity contribution in [2.75, 3.05) is 13.1 Å². The topological polar surface area (TPSA) is 49.4 Å². The molecular weight excluding hydrogens is 319 g/mol. The minimum atomic E-state index is -0.397. The summed E-state index contributed by atoms with van der Waals surface area (Å²) in [6.45, 7) is 1.22. The van der Waals surface area contributed by atoms with E-state index in [1.807, 2.05) is 17.0 Å². The van der Waals surface area contributed by atoms with E-state index in [2.05, 4.69) is 17.4 Å². The van der Waals surface area contributed by atoms with Gasteiger partial charge in [-0.3, -0.25) is 9.59 Å². The van der Waals surface area contributed by atoms with Crippen LogP contribution < -0.4 is 5.32 Å². The highest BCUT2D eigenvalue weighted by molar-refractivity contribution is 6.09. The van der Waals surface area contributed by atoms with Crippen LogP contribution in [-0.4, -0.2) is 29.7 Å². The fourth-order valence-corrected chi connectivity index (χ4v) is 3.49. The Morgan fingerprint density at radius 1 is 1.16 bits per heavy atom. The molecule has 1 N–H and O–H groups in total. The number of benzene rings is 2. The summed E-state index contributed by atoms with van der Waals surface area (Å²) in [5.74, 6) is -0.876. The zero-order valence-corrected chi connectivity index (χ0v) is 13.5. The second-order valence-corrected chi connectivity index (χ2v) is 6.27. The minimum absolute atomic E-state index is 0.00415.